The topological polar surface area (TPSA) is 0 Å². The van der Waals surface area contributed by atoms with E-state index in [-0.39, 0.29) is 10.8 Å². The van der Waals surface area contributed by atoms with Crippen molar-refractivity contribution in [2.24, 2.45) is 34.5 Å². The van der Waals surface area contributed by atoms with Gasteiger partial charge in [-0.25, -0.2) is 0 Å². The van der Waals surface area contributed by atoms with Gasteiger partial charge in [0.05, 0.1) is 0 Å². The molecule has 0 amide bonds. The van der Waals surface area contributed by atoms with E-state index in [9.17, 15) is 0 Å². The summed E-state index contributed by atoms with van der Waals surface area (Å²) in [6.45, 7) is 10.1. The van der Waals surface area contributed by atoms with Gasteiger partial charge in [-0.3, -0.25) is 0 Å². The summed E-state index contributed by atoms with van der Waals surface area (Å²) in [7, 11) is 0. The molecule has 3 aromatic rings. The largest absolute Gasteiger partial charge is 0.0622 e. The minimum atomic E-state index is 0.111. The van der Waals surface area contributed by atoms with Crippen LogP contribution in [0.1, 0.15) is 100 Å². The molecule has 3 aromatic carbocycles. The highest BCUT2D eigenvalue weighted by atomic mass is 14.6. The third kappa shape index (κ3) is 3.61. The van der Waals surface area contributed by atoms with Crippen molar-refractivity contribution in [2.45, 2.75) is 78.1 Å². The minimum absolute atomic E-state index is 0.111. The van der Waals surface area contributed by atoms with Gasteiger partial charge in [-0.05, 0) is 94.3 Å². The summed E-state index contributed by atoms with van der Waals surface area (Å²) in [5, 5.41) is 0. The fourth-order valence-corrected chi connectivity index (χ4v) is 10.5. The quantitative estimate of drug-likeness (QED) is 0.334. The summed E-state index contributed by atoms with van der Waals surface area (Å²) in [4.78, 5) is 0. The van der Waals surface area contributed by atoms with Crippen molar-refractivity contribution < 1.29 is 0 Å². The van der Waals surface area contributed by atoms with Gasteiger partial charge < -0.3 is 0 Å². The van der Waals surface area contributed by atoms with E-state index < -0.39 is 0 Å². The second kappa shape index (κ2) is 9.11. The fraction of sp³-hybridized carbons (Fsp3) is 0.474. The number of hydrogen-bond acceptors (Lipinski definition) is 0. The lowest BCUT2D eigenvalue weighted by molar-refractivity contribution is 0.258. The van der Waals surface area contributed by atoms with Crippen molar-refractivity contribution in [3.05, 3.63) is 119 Å². The minimum Gasteiger partial charge on any atom is -0.0622 e. The van der Waals surface area contributed by atoms with Crippen LogP contribution in [0.4, 0.5) is 0 Å². The summed E-state index contributed by atoms with van der Waals surface area (Å²) in [5.41, 5.74) is 6.49. The second-order valence-electron chi connectivity index (χ2n) is 14.0. The summed E-state index contributed by atoms with van der Waals surface area (Å²) in [6.07, 6.45) is 8.25. The Labute approximate surface area is 231 Å². The summed E-state index contributed by atoms with van der Waals surface area (Å²) < 4.78 is 0. The average molecular weight is 501 g/mol. The summed E-state index contributed by atoms with van der Waals surface area (Å²) in [5.74, 6) is 7.75. The first-order chi connectivity index (χ1) is 18.4. The molecular weight excluding hydrogens is 456 g/mol. The Morgan fingerprint density at radius 2 is 0.947 bits per heavy atom. The molecule has 2 radical (unpaired) electrons. The Bertz CT molecular complexity index is 1150. The maximum Gasteiger partial charge on any atom is 0.0149 e. The molecule has 0 spiro atoms. The number of hydrogen-bond donors (Lipinski definition) is 0. The van der Waals surface area contributed by atoms with Gasteiger partial charge in [-0.2, -0.15) is 0 Å². The lowest BCUT2D eigenvalue weighted by Gasteiger charge is -2.37. The van der Waals surface area contributed by atoms with Crippen molar-refractivity contribution in [3.8, 4) is 0 Å². The van der Waals surface area contributed by atoms with Gasteiger partial charge >= 0.3 is 0 Å². The molecule has 0 bridgehead atoms. The maximum atomic E-state index is 2.57. The van der Waals surface area contributed by atoms with E-state index in [0.29, 0.717) is 23.7 Å². The molecule has 6 unspecified atom stereocenters. The fourth-order valence-electron chi connectivity index (χ4n) is 10.5. The van der Waals surface area contributed by atoms with Crippen LogP contribution in [0.3, 0.4) is 0 Å². The highest BCUT2D eigenvalue weighted by Crippen LogP contribution is 2.68. The molecule has 0 heterocycles. The number of fused-ring (bicyclic) bond motifs is 2. The van der Waals surface area contributed by atoms with Crippen LogP contribution >= 0.6 is 0 Å². The molecule has 4 fully saturated rings. The van der Waals surface area contributed by atoms with Gasteiger partial charge in [0.15, 0.2) is 0 Å². The molecule has 196 valence electrons. The molecule has 4 aliphatic carbocycles. The lowest BCUT2D eigenvalue weighted by atomic mass is 9.66. The van der Waals surface area contributed by atoms with Crippen LogP contribution in [0.2, 0.25) is 0 Å². The lowest BCUT2D eigenvalue weighted by Crippen LogP contribution is -2.27. The van der Waals surface area contributed by atoms with Crippen LogP contribution in [0, 0.1) is 46.3 Å². The molecule has 0 nitrogen and oxygen atoms in total. The van der Waals surface area contributed by atoms with Crippen LogP contribution < -0.4 is 0 Å². The number of benzene rings is 3. The van der Waals surface area contributed by atoms with E-state index in [2.05, 4.69) is 113 Å². The van der Waals surface area contributed by atoms with E-state index in [1.54, 1.807) is 23.0 Å². The van der Waals surface area contributed by atoms with Gasteiger partial charge in [-0.15, -0.1) is 0 Å². The Morgan fingerprint density at radius 3 is 1.50 bits per heavy atom. The summed E-state index contributed by atoms with van der Waals surface area (Å²) >= 11 is 0. The molecule has 6 atom stereocenters. The van der Waals surface area contributed by atoms with E-state index in [1.807, 2.05) is 0 Å². The van der Waals surface area contributed by atoms with Crippen LogP contribution in [-0.2, 0) is 0 Å². The zero-order valence-corrected chi connectivity index (χ0v) is 23.8. The monoisotopic (exact) mass is 500 g/mol. The first-order valence-corrected chi connectivity index (χ1v) is 15.3. The molecule has 38 heavy (non-hydrogen) atoms. The van der Waals surface area contributed by atoms with Gasteiger partial charge in [0.1, 0.15) is 0 Å². The zero-order valence-electron chi connectivity index (χ0n) is 23.8. The second-order valence-corrected chi connectivity index (χ2v) is 14.0. The predicted octanol–water partition coefficient (Wildman–Crippen LogP) is 10.0. The van der Waals surface area contributed by atoms with Gasteiger partial charge in [0, 0.05) is 11.8 Å². The molecule has 0 heteroatoms. The van der Waals surface area contributed by atoms with Crippen LogP contribution in [0.25, 0.3) is 0 Å². The third-order valence-corrected chi connectivity index (χ3v) is 11.5. The normalized spacial score (nSPS) is 33.9. The van der Waals surface area contributed by atoms with Crippen LogP contribution in [0.15, 0.2) is 84.9 Å². The zero-order chi connectivity index (χ0) is 26.1. The van der Waals surface area contributed by atoms with Crippen molar-refractivity contribution in [3.63, 3.8) is 0 Å². The van der Waals surface area contributed by atoms with Crippen molar-refractivity contribution >= 4 is 0 Å². The first-order valence-electron chi connectivity index (χ1n) is 15.3. The molecule has 0 saturated heterocycles. The van der Waals surface area contributed by atoms with E-state index in [0.717, 1.165) is 11.8 Å². The van der Waals surface area contributed by atoms with Crippen LogP contribution in [-0.4, -0.2) is 0 Å². The van der Waals surface area contributed by atoms with Gasteiger partial charge in [-0.1, -0.05) is 125 Å². The van der Waals surface area contributed by atoms with Crippen molar-refractivity contribution in [1.82, 2.24) is 0 Å². The Kier molecular flexibility index (Phi) is 5.92. The van der Waals surface area contributed by atoms with E-state index in [1.165, 1.54) is 49.7 Å². The molecular formula is C38H44. The smallest absolute Gasteiger partial charge is 0.0149 e. The molecule has 7 rings (SSSR count). The highest BCUT2D eigenvalue weighted by Gasteiger charge is 2.59. The Morgan fingerprint density at radius 1 is 0.500 bits per heavy atom. The van der Waals surface area contributed by atoms with Gasteiger partial charge in [0.25, 0.3) is 0 Å². The molecule has 0 aromatic heterocycles. The highest BCUT2D eigenvalue weighted by molar-refractivity contribution is 5.53. The standard InChI is InChI=1S/C38H44/c1-37(2)33(25-13-7-5-8-14-25)29-17-11-19-31(29)35(37)27-21-23-28(24-22-27)36-32-20-12-18-30(32)34(38(36,3)4)26-15-9-6-10-16-26/h5-10,13-16,21-24,29-33,35H,11-12,17-20H2,1-4H3. The Balaban J connectivity index is 1.23. The molecule has 0 aliphatic heterocycles. The van der Waals surface area contributed by atoms with E-state index >= 15 is 0 Å². The summed E-state index contributed by atoms with van der Waals surface area (Å²) in [6, 6.07) is 32.9. The average Bonchev–Trinajstić information content (AvgIpc) is 3.64. The Hall–Kier alpha value is -2.34. The molecule has 4 aliphatic rings. The first kappa shape index (κ1) is 24.7. The SMILES string of the molecule is CC1(C)[C](c2ccccc2)C2CCCC2[C]1c1ccc(C2C3CCCC3C(c3ccccc3)C2(C)C)cc1. The van der Waals surface area contributed by atoms with Gasteiger partial charge in [0.2, 0.25) is 0 Å². The van der Waals surface area contributed by atoms with Crippen molar-refractivity contribution in [1.29, 1.82) is 0 Å². The third-order valence-electron chi connectivity index (χ3n) is 11.5. The van der Waals surface area contributed by atoms with Crippen LogP contribution in [0.5, 0.6) is 0 Å². The maximum absolute atomic E-state index is 2.57. The number of rotatable bonds is 4. The molecule has 4 saturated carbocycles. The van der Waals surface area contributed by atoms with Crippen molar-refractivity contribution in [2.75, 3.05) is 0 Å². The predicted molar refractivity (Wildman–Crippen MR) is 159 cm³/mol. The molecule has 0 N–H and O–H groups in total. The van der Waals surface area contributed by atoms with E-state index in [4.69, 9.17) is 0 Å².